The van der Waals surface area contributed by atoms with Gasteiger partial charge in [-0.2, -0.15) is 0 Å². The number of aryl methyl sites for hydroxylation is 2. The second-order valence-electron chi connectivity index (χ2n) is 7.01. The third-order valence-corrected chi connectivity index (χ3v) is 9.32. The van der Waals surface area contributed by atoms with E-state index in [1.165, 1.54) is 51.8 Å². The minimum atomic E-state index is 0.165. The van der Waals surface area contributed by atoms with Gasteiger partial charge in [0.1, 0.15) is 0 Å². The molecule has 2 aromatic rings. The van der Waals surface area contributed by atoms with Crippen LogP contribution in [0, 0.1) is 13.8 Å². The van der Waals surface area contributed by atoms with Gasteiger partial charge in [0.15, 0.2) is 0 Å². The Kier molecular flexibility index (Phi) is 6.41. The molecule has 0 nitrogen and oxygen atoms in total. The van der Waals surface area contributed by atoms with Gasteiger partial charge in [0.25, 0.3) is 0 Å². The van der Waals surface area contributed by atoms with Crippen LogP contribution in [0.5, 0.6) is 0 Å². The topological polar surface area (TPSA) is 0 Å². The molecule has 0 N–H and O–H groups in total. The molecule has 0 atom stereocenters. The SMILES string of the molecule is CC(C)=C/C=C(\C)c1cc(C)sc1-c1sc(C)cc1C1=CC=C(C)[I-]C1. The van der Waals surface area contributed by atoms with Crippen LogP contribution < -0.4 is 21.2 Å². The zero-order valence-electron chi connectivity index (χ0n) is 16.4. The van der Waals surface area contributed by atoms with Crippen LogP contribution in [0.25, 0.3) is 20.9 Å². The first-order chi connectivity index (χ1) is 12.3. The number of hydrogen-bond acceptors (Lipinski definition) is 2. The summed E-state index contributed by atoms with van der Waals surface area (Å²) < 4.78 is 2.85. The van der Waals surface area contributed by atoms with Crippen LogP contribution in [0.3, 0.4) is 0 Å². The summed E-state index contributed by atoms with van der Waals surface area (Å²) >= 11 is 4.05. The van der Waals surface area contributed by atoms with Crippen LogP contribution in [0.15, 0.2) is 45.6 Å². The van der Waals surface area contributed by atoms with Crippen molar-refractivity contribution in [3.05, 3.63) is 66.5 Å². The van der Waals surface area contributed by atoms with Gasteiger partial charge >= 0.3 is 177 Å². The number of allylic oxidation sites excluding steroid dienone is 8. The quantitative estimate of drug-likeness (QED) is 0.325. The number of rotatable bonds is 4. The van der Waals surface area contributed by atoms with Crippen molar-refractivity contribution in [3.63, 3.8) is 0 Å². The van der Waals surface area contributed by atoms with Gasteiger partial charge in [-0.25, -0.2) is 0 Å². The van der Waals surface area contributed by atoms with E-state index in [0.29, 0.717) is 0 Å². The summed E-state index contributed by atoms with van der Waals surface area (Å²) in [7, 11) is 0. The second-order valence-corrected chi connectivity index (χ2v) is 12.7. The monoisotopic (exact) mass is 493 g/mol. The van der Waals surface area contributed by atoms with Crippen molar-refractivity contribution >= 4 is 33.8 Å². The maximum atomic E-state index is 2.40. The zero-order chi connectivity index (χ0) is 18.8. The van der Waals surface area contributed by atoms with Crippen molar-refractivity contribution in [2.75, 3.05) is 4.43 Å². The number of thiophene rings is 2. The van der Waals surface area contributed by atoms with E-state index < -0.39 is 0 Å². The normalized spacial score (nSPS) is 15.2. The average molecular weight is 493 g/mol. The van der Waals surface area contributed by atoms with E-state index in [0.717, 1.165) is 0 Å². The first-order valence-corrected chi connectivity index (χ1v) is 13.1. The van der Waals surface area contributed by atoms with Gasteiger partial charge in [0, 0.05) is 0 Å². The van der Waals surface area contributed by atoms with Crippen molar-refractivity contribution in [2.24, 2.45) is 0 Å². The Morgan fingerprint density at radius 2 is 1.62 bits per heavy atom. The van der Waals surface area contributed by atoms with Gasteiger partial charge in [-0.1, -0.05) is 0 Å². The second kappa shape index (κ2) is 8.41. The average Bonchev–Trinajstić information content (AvgIpc) is 3.16. The van der Waals surface area contributed by atoms with Crippen molar-refractivity contribution in [2.45, 2.75) is 41.5 Å². The number of alkyl halides is 1. The Bertz CT molecular complexity index is 941. The Morgan fingerprint density at radius 3 is 2.27 bits per heavy atom. The standard InChI is InChI=1S/C23H26IS2/c1-14(2)7-8-15(3)20-11-17(5)25-22(20)23-21(12-18(6)26-23)19-10-9-16(4)24-13-19/h7-12H,13H2,1-6H3/q-1/b15-8+. The van der Waals surface area contributed by atoms with E-state index in [9.17, 15) is 0 Å². The first-order valence-electron chi connectivity index (χ1n) is 8.85. The Hall–Kier alpha value is -0.910. The van der Waals surface area contributed by atoms with Gasteiger partial charge in [0.05, 0.1) is 0 Å². The molecule has 0 aromatic carbocycles. The van der Waals surface area contributed by atoms with Crippen LogP contribution >= 0.6 is 22.7 Å². The Labute approximate surface area is 176 Å². The van der Waals surface area contributed by atoms with Crippen LogP contribution in [0.1, 0.15) is 48.6 Å². The summed E-state index contributed by atoms with van der Waals surface area (Å²) in [5.41, 5.74) is 7.08. The van der Waals surface area contributed by atoms with Crippen molar-refractivity contribution in [3.8, 4) is 9.75 Å². The fourth-order valence-corrected chi connectivity index (χ4v) is 7.32. The third kappa shape index (κ3) is 4.49. The molecular weight excluding hydrogens is 467 g/mol. The number of hydrogen-bond donors (Lipinski definition) is 0. The van der Waals surface area contributed by atoms with Gasteiger partial charge in [-0.3, -0.25) is 0 Å². The van der Waals surface area contributed by atoms with Gasteiger partial charge < -0.3 is 0 Å². The molecule has 1 aliphatic heterocycles. The summed E-state index contributed by atoms with van der Waals surface area (Å²) in [6.07, 6.45) is 9.17. The van der Waals surface area contributed by atoms with Crippen LogP contribution in [-0.4, -0.2) is 4.43 Å². The molecule has 0 spiro atoms. The molecular formula is C23H26IS2-. The van der Waals surface area contributed by atoms with E-state index in [1.54, 1.807) is 3.58 Å². The van der Waals surface area contributed by atoms with Crippen molar-refractivity contribution < 1.29 is 21.2 Å². The number of halogens is 1. The minimum absolute atomic E-state index is 0.165. The molecule has 3 heteroatoms. The summed E-state index contributed by atoms with van der Waals surface area (Å²) in [6, 6.07) is 4.76. The fraction of sp³-hybridized carbons (Fsp3) is 0.304. The zero-order valence-corrected chi connectivity index (χ0v) is 20.2. The predicted octanol–water partition coefficient (Wildman–Crippen LogP) is 4.85. The molecule has 3 heterocycles. The molecule has 0 unspecified atom stereocenters. The van der Waals surface area contributed by atoms with Gasteiger partial charge in [-0.05, 0) is 0 Å². The molecule has 0 saturated heterocycles. The van der Waals surface area contributed by atoms with E-state index in [-0.39, 0.29) is 21.2 Å². The van der Waals surface area contributed by atoms with E-state index >= 15 is 0 Å². The van der Waals surface area contributed by atoms with Gasteiger partial charge in [-0.15, -0.1) is 0 Å². The summed E-state index contributed by atoms with van der Waals surface area (Å²) in [6.45, 7) is 13.3. The molecule has 0 radical (unpaired) electrons. The van der Waals surface area contributed by atoms with Crippen molar-refractivity contribution in [1.29, 1.82) is 0 Å². The summed E-state index contributed by atoms with van der Waals surface area (Å²) in [4.78, 5) is 5.70. The van der Waals surface area contributed by atoms with Crippen LogP contribution in [-0.2, 0) is 0 Å². The van der Waals surface area contributed by atoms with Gasteiger partial charge in [0.2, 0.25) is 0 Å². The first kappa shape index (κ1) is 19.8. The fourth-order valence-electron chi connectivity index (χ4n) is 2.92. The molecule has 26 heavy (non-hydrogen) atoms. The molecule has 0 amide bonds. The van der Waals surface area contributed by atoms with E-state index in [4.69, 9.17) is 0 Å². The molecule has 0 saturated carbocycles. The summed E-state index contributed by atoms with van der Waals surface area (Å²) in [5.74, 6) is 0. The Morgan fingerprint density at radius 1 is 0.923 bits per heavy atom. The van der Waals surface area contributed by atoms with Crippen molar-refractivity contribution in [1.82, 2.24) is 0 Å². The summed E-state index contributed by atoms with van der Waals surface area (Å²) in [5, 5.41) is 0. The maximum absolute atomic E-state index is 2.40. The molecule has 3 rings (SSSR count). The van der Waals surface area contributed by atoms with Crippen LogP contribution in [0.4, 0.5) is 0 Å². The molecule has 2 aromatic heterocycles. The molecule has 138 valence electrons. The molecule has 0 aliphatic carbocycles. The van der Waals surface area contributed by atoms with E-state index in [2.05, 4.69) is 78.0 Å². The molecule has 1 aliphatic rings. The predicted molar refractivity (Wildman–Crippen MR) is 117 cm³/mol. The molecule has 0 bridgehead atoms. The van der Waals surface area contributed by atoms with Crippen LogP contribution in [0.2, 0.25) is 0 Å². The Balaban J connectivity index is 2.12. The molecule has 0 fully saturated rings. The third-order valence-electron chi connectivity index (χ3n) is 4.29. The van der Waals surface area contributed by atoms with E-state index in [1.807, 2.05) is 22.7 Å².